The summed E-state index contributed by atoms with van der Waals surface area (Å²) in [5.74, 6) is 0.0962. The van der Waals surface area contributed by atoms with Crippen molar-refractivity contribution in [2.75, 3.05) is 0 Å². The lowest BCUT2D eigenvalue weighted by atomic mass is 10.1. The third-order valence-electron chi connectivity index (χ3n) is 1.83. The van der Waals surface area contributed by atoms with E-state index in [-0.39, 0.29) is 10.9 Å². The minimum absolute atomic E-state index is 0.0574. The number of hydrogen-bond donors (Lipinski definition) is 2. The molecule has 0 amide bonds. The summed E-state index contributed by atoms with van der Waals surface area (Å²) in [4.78, 5) is 0. The Morgan fingerprint density at radius 3 is 2.47 bits per heavy atom. The Hall–Kier alpha value is -1.76. The van der Waals surface area contributed by atoms with Crippen LogP contribution in [-0.2, 0) is 0 Å². The largest absolute Gasteiger partial charge is 0.435 e. The summed E-state index contributed by atoms with van der Waals surface area (Å²) < 4.78 is 28.0. The van der Waals surface area contributed by atoms with E-state index < -0.39 is 6.61 Å². The average molecular weight is 259 g/mol. The molecule has 0 saturated heterocycles. The summed E-state index contributed by atoms with van der Waals surface area (Å²) >= 11 is 4.59. The van der Waals surface area contributed by atoms with E-state index >= 15 is 0 Å². The molecule has 0 atom stereocenters. The molecule has 0 fully saturated rings. The van der Waals surface area contributed by atoms with Gasteiger partial charge in [-0.3, -0.25) is 5.43 Å². The summed E-state index contributed by atoms with van der Waals surface area (Å²) in [6.45, 7) is -1.10. The van der Waals surface area contributed by atoms with Gasteiger partial charge in [0.25, 0.3) is 0 Å². The van der Waals surface area contributed by atoms with Gasteiger partial charge in [-0.1, -0.05) is 0 Å². The van der Waals surface area contributed by atoms with Gasteiger partial charge in [-0.05, 0) is 49.0 Å². The van der Waals surface area contributed by atoms with Gasteiger partial charge in [0.05, 0.1) is 5.71 Å². The predicted molar refractivity (Wildman–Crippen MR) is 65.2 cm³/mol. The number of halogens is 2. The molecule has 7 heteroatoms. The van der Waals surface area contributed by atoms with Crippen molar-refractivity contribution in [3.05, 3.63) is 29.8 Å². The molecule has 0 bridgehead atoms. The molecule has 0 aliphatic heterocycles. The van der Waals surface area contributed by atoms with E-state index in [0.717, 1.165) is 5.56 Å². The minimum Gasteiger partial charge on any atom is -0.435 e. The molecule has 0 aromatic heterocycles. The van der Waals surface area contributed by atoms with Crippen molar-refractivity contribution < 1.29 is 13.5 Å². The van der Waals surface area contributed by atoms with E-state index in [9.17, 15) is 8.78 Å². The Balaban J connectivity index is 2.73. The number of nitrogens with one attached hydrogen (secondary N) is 1. The van der Waals surface area contributed by atoms with Crippen molar-refractivity contribution in [2.24, 2.45) is 10.8 Å². The van der Waals surface area contributed by atoms with Crippen molar-refractivity contribution in [1.29, 1.82) is 0 Å². The Morgan fingerprint density at radius 1 is 1.41 bits per heavy atom. The predicted octanol–water partition coefficient (Wildman–Crippen LogP) is 1.85. The zero-order chi connectivity index (χ0) is 12.8. The second kappa shape index (κ2) is 6.09. The normalized spacial score (nSPS) is 11.4. The van der Waals surface area contributed by atoms with Gasteiger partial charge in [0, 0.05) is 0 Å². The van der Waals surface area contributed by atoms with Crippen molar-refractivity contribution in [3.8, 4) is 5.75 Å². The molecule has 0 unspecified atom stereocenters. The van der Waals surface area contributed by atoms with Crippen LogP contribution < -0.4 is 15.9 Å². The van der Waals surface area contributed by atoms with Crippen LogP contribution in [0.3, 0.4) is 0 Å². The van der Waals surface area contributed by atoms with E-state index in [0.29, 0.717) is 5.71 Å². The van der Waals surface area contributed by atoms with Gasteiger partial charge in [0.1, 0.15) is 5.75 Å². The smallest absolute Gasteiger partial charge is 0.387 e. The quantitative estimate of drug-likeness (QED) is 0.492. The number of nitrogens with two attached hydrogens (primary N) is 1. The van der Waals surface area contributed by atoms with Crippen LogP contribution in [0.15, 0.2) is 29.4 Å². The van der Waals surface area contributed by atoms with Crippen molar-refractivity contribution in [3.63, 3.8) is 0 Å². The Morgan fingerprint density at radius 2 is 2.00 bits per heavy atom. The monoisotopic (exact) mass is 259 g/mol. The van der Waals surface area contributed by atoms with Gasteiger partial charge in [0.2, 0.25) is 0 Å². The molecule has 0 spiro atoms. The van der Waals surface area contributed by atoms with Crippen LogP contribution in [0.4, 0.5) is 8.78 Å². The van der Waals surface area contributed by atoms with Gasteiger partial charge < -0.3 is 10.5 Å². The van der Waals surface area contributed by atoms with Crippen LogP contribution in [-0.4, -0.2) is 17.4 Å². The van der Waals surface area contributed by atoms with Crippen LogP contribution in [0.25, 0.3) is 0 Å². The van der Waals surface area contributed by atoms with E-state index in [2.05, 4.69) is 27.5 Å². The molecule has 1 aromatic carbocycles. The highest BCUT2D eigenvalue weighted by Gasteiger charge is 2.04. The number of alkyl halides is 2. The molecule has 0 heterocycles. The fraction of sp³-hybridized carbons (Fsp3) is 0.200. The molecule has 0 radical (unpaired) electrons. The molecule has 1 aromatic rings. The fourth-order valence-electron chi connectivity index (χ4n) is 1.08. The number of thiocarbonyl (C=S) groups is 1. The SMILES string of the molecule is C/C(=N\NC(N)=S)c1ccc(OC(F)F)cc1. The lowest BCUT2D eigenvalue weighted by Gasteiger charge is -2.05. The van der Waals surface area contributed by atoms with Crippen molar-refractivity contribution >= 4 is 23.0 Å². The summed E-state index contributed by atoms with van der Waals surface area (Å²) in [6.07, 6.45) is 0. The first-order chi connectivity index (χ1) is 7.99. The average Bonchev–Trinajstić information content (AvgIpc) is 2.26. The van der Waals surface area contributed by atoms with Crippen LogP contribution in [0.2, 0.25) is 0 Å². The molecule has 92 valence electrons. The lowest BCUT2D eigenvalue weighted by Crippen LogP contribution is -2.25. The number of ether oxygens (including phenoxy) is 1. The topological polar surface area (TPSA) is 59.6 Å². The number of benzene rings is 1. The summed E-state index contributed by atoms with van der Waals surface area (Å²) in [6, 6.07) is 6.08. The first-order valence-electron chi connectivity index (χ1n) is 4.64. The number of hydrogen-bond acceptors (Lipinski definition) is 3. The third-order valence-corrected chi connectivity index (χ3v) is 1.92. The van der Waals surface area contributed by atoms with Crippen LogP contribution >= 0.6 is 12.2 Å². The van der Waals surface area contributed by atoms with Crippen molar-refractivity contribution in [2.45, 2.75) is 13.5 Å². The fourth-order valence-corrected chi connectivity index (χ4v) is 1.13. The second-order valence-corrected chi connectivity index (χ2v) is 3.52. The van der Waals surface area contributed by atoms with E-state index in [1.807, 2.05) is 0 Å². The standard InChI is InChI=1S/C10H11F2N3OS/c1-6(14-15-10(13)17)7-2-4-8(5-3-7)16-9(11)12/h2-5,9H,1H3,(H3,13,15,17)/b14-6+. The van der Waals surface area contributed by atoms with E-state index in [4.69, 9.17) is 5.73 Å². The molecular formula is C10H11F2N3OS. The highest BCUT2D eigenvalue weighted by molar-refractivity contribution is 7.80. The molecule has 3 N–H and O–H groups in total. The zero-order valence-corrected chi connectivity index (χ0v) is 9.80. The molecule has 17 heavy (non-hydrogen) atoms. The maximum Gasteiger partial charge on any atom is 0.387 e. The maximum atomic E-state index is 11.9. The number of rotatable bonds is 4. The lowest BCUT2D eigenvalue weighted by molar-refractivity contribution is -0.0498. The first kappa shape index (κ1) is 13.3. The van der Waals surface area contributed by atoms with E-state index in [1.165, 1.54) is 12.1 Å². The van der Waals surface area contributed by atoms with Gasteiger partial charge in [-0.25, -0.2) is 0 Å². The van der Waals surface area contributed by atoms with Crippen LogP contribution in [0.1, 0.15) is 12.5 Å². The number of nitrogens with zero attached hydrogens (tertiary/aromatic N) is 1. The third kappa shape index (κ3) is 4.73. The Bertz CT molecular complexity index is 420. The summed E-state index contributed by atoms with van der Waals surface area (Å²) in [7, 11) is 0. The zero-order valence-electron chi connectivity index (χ0n) is 8.98. The first-order valence-corrected chi connectivity index (χ1v) is 5.05. The van der Waals surface area contributed by atoms with Gasteiger partial charge >= 0.3 is 6.61 Å². The van der Waals surface area contributed by atoms with E-state index in [1.54, 1.807) is 19.1 Å². The molecular weight excluding hydrogens is 248 g/mol. The number of hydrazone groups is 1. The summed E-state index contributed by atoms with van der Waals surface area (Å²) in [5.41, 5.74) is 9.02. The highest BCUT2D eigenvalue weighted by atomic mass is 32.1. The second-order valence-electron chi connectivity index (χ2n) is 3.08. The highest BCUT2D eigenvalue weighted by Crippen LogP contribution is 2.15. The van der Waals surface area contributed by atoms with Crippen molar-refractivity contribution in [1.82, 2.24) is 5.43 Å². The van der Waals surface area contributed by atoms with Gasteiger partial charge in [-0.2, -0.15) is 13.9 Å². The Labute approximate surface area is 102 Å². The minimum atomic E-state index is -2.83. The van der Waals surface area contributed by atoms with Crippen LogP contribution in [0.5, 0.6) is 5.75 Å². The molecule has 0 aliphatic rings. The summed E-state index contributed by atoms with van der Waals surface area (Å²) in [5, 5.41) is 3.95. The van der Waals surface area contributed by atoms with Gasteiger partial charge in [0.15, 0.2) is 5.11 Å². The molecule has 0 saturated carbocycles. The molecule has 1 rings (SSSR count). The molecule has 0 aliphatic carbocycles. The van der Waals surface area contributed by atoms with Gasteiger partial charge in [-0.15, -0.1) is 0 Å². The molecule has 4 nitrogen and oxygen atoms in total. The van der Waals surface area contributed by atoms with Crippen LogP contribution in [0, 0.1) is 0 Å². The Kier molecular flexibility index (Phi) is 4.77. The maximum absolute atomic E-state index is 11.9.